The molecule has 0 spiro atoms. The molecule has 2 N–H and O–H groups in total. The maximum Gasteiger partial charge on any atom is 0.0789 e. The number of hydrogen-bond acceptors (Lipinski definition) is 4. The van der Waals surface area contributed by atoms with Crippen LogP contribution in [0.15, 0.2) is 0 Å². The highest BCUT2D eigenvalue weighted by Crippen LogP contribution is 2.39. The molecule has 0 aliphatic carbocycles. The maximum absolute atomic E-state index is 6.10. The molecule has 0 aromatic rings. The molecule has 2 unspecified atom stereocenters. The van der Waals surface area contributed by atoms with E-state index in [0.717, 1.165) is 13.0 Å². The molecule has 4 nitrogen and oxygen atoms in total. The first-order valence-electron chi connectivity index (χ1n) is 6.33. The Labute approximate surface area is 105 Å². The number of rotatable bonds is 5. The Kier molecular flexibility index (Phi) is 4.58. The van der Waals surface area contributed by atoms with Gasteiger partial charge in [-0.2, -0.15) is 0 Å². The van der Waals surface area contributed by atoms with E-state index in [1.165, 1.54) is 0 Å². The summed E-state index contributed by atoms with van der Waals surface area (Å²) in [4.78, 5) is 2.30. The van der Waals surface area contributed by atoms with Crippen molar-refractivity contribution in [2.24, 2.45) is 5.73 Å². The van der Waals surface area contributed by atoms with Gasteiger partial charge in [-0.25, -0.2) is 0 Å². The smallest absolute Gasteiger partial charge is 0.0789 e. The van der Waals surface area contributed by atoms with E-state index >= 15 is 0 Å². The number of ether oxygens (including phenoxy) is 2. The van der Waals surface area contributed by atoms with Gasteiger partial charge in [0.05, 0.1) is 17.8 Å². The van der Waals surface area contributed by atoms with E-state index in [-0.39, 0.29) is 17.2 Å². The third-order valence-electron chi connectivity index (χ3n) is 3.46. The summed E-state index contributed by atoms with van der Waals surface area (Å²) in [5.41, 5.74) is 5.83. The fraction of sp³-hybridized carbons (Fsp3) is 1.00. The molecular weight excluding hydrogens is 216 g/mol. The van der Waals surface area contributed by atoms with E-state index in [1.807, 2.05) is 0 Å². The first-order chi connectivity index (χ1) is 7.68. The summed E-state index contributed by atoms with van der Waals surface area (Å²) in [6.45, 7) is 10.0. The zero-order chi connectivity index (χ0) is 13.3. The van der Waals surface area contributed by atoms with Gasteiger partial charge >= 0.3 is 0 Å². The van der Waals surface area contributed by atoms with E-state index in [1.54, 1.807) is 7.11 Å². The lowest BCUT2D eigenvalue weighted by atomic mass is 9.93. The van der Waals surface area contributed by atoms with Crippen molar-refractivity contribution in [1.29, 1.82) is 0 Å². The number of nitrogens with zero attached hydrogens (tertiary/aromatic N) is 1. The Bertz CT molecular complexity index is 254. The fourth-order valence-electron chi connectivity index (χ4n) is 2.98. The summed E-state index contributed by atoms with van der Waals surface area (Å²) in [7, 11) is 3.80. The largest absolute Gasteiger partial charge is 0.383 e. The molecular formula is C13H28N2O2. The molecule has 1 heterocycles. The van der Waals surface area contributed by atoms with E-state index in [2.05, 4.69) is 39.6 Å². The van der Waals surface area contributed by atoms with Crippen molar-refractivity contribution in [3.8, 4) is 0 Å². The topological polar surface area (TPSA) is 47.7 Å². The van der Waals surface area contributed by atoms with E-state index in [4.69, 9.17) is 15.2 Å². The van der Waals surface area contributed by atoms with Gasteiger partial charge in [0.1, 0.15) is 0 Å². The van der Waals surface area contributed by atoms with Gasteiger partial charge in [0.25, 0.3) is 0 Å². The van der Waals surface area contributed by atoms with Gasteiger partial charge in [-0.05, 0) is 41.2 Å². The average Bonchev–Trinajstić information content (AvgIpc) is 2.34. The second-order valence-corrected chi connectivity index (χ2v) is 6.34. The second kappa shape index (κ2) is 5.22. The molecule has 1 aliphatic heterocycles. The second-order valence-electron chi connectivity index (χ2n) is 6.34. The van der Waals surface area contributed by atoms with Crippen LogP contribution < -0.4 is 5.73 Å². The third kappa shape index (κ3) is 3.91. The normalized spacial score (nSPS) is 28.6. The van der Waals surface area contributed by atoms with Crippen molar-refractivity contribution < 1.29 is 9.47 Å². The Morgan fingerprint density at radius 1 is 1.41 bits per heavy atom. The van der Waals surface area contributed by atoms with Crippen LogP contribution in [0.5, 0.6) is 0 Å². The first-order valence-corrected chi connectivity index (χ1v) is 6.33. The van der Waals surface area contributed by atoms with Crippen LogP contribution in [0.2, 0.25) is 0 Å². The highest BCUT2D eigenvalue weighted by atomic mass is 16.5. The summed E-state index contributed by atoms with van der Waals surface area (Å²) in [6.07, 6.45) is 1.04. The molecule has 1 aliphatic rings. The van der Waals surface area contributed by atoms with Gasteiger partial charge in [0, 0.05) is 25.7 Å². The van der Waals surface area contributed by atoms with E-state index < -0.39 is 0 Å². The minimum atomic E-state index is -0.120. The number of nitrogens with two attached hydrogens (primary N) is 1. The van der Waals surface area contributed by atoms with Gasteiger partial charge in [0.2, 0.25) is 0 Å². The van der Waals surface area contributed by atoms with Gasteiger partial charge in [-0.1, -0.05) is 0 Å². The fourth-order valence-corrected chi connectivity index (χ4v) is 2.98. The van der Waals surface area contributed by atoms with E-state index in [9.17, 15) is 0 Å². The first kappa shape index (κ1) is 14.9. The van der Waals surface area contributed by atoms with Crippen molar-refractivity contribution in [3.05, 3.63) is 0 Å². The Morgan fingerprint density at radius 2 is 2.00 bits per heavy atom. The van der Waals surface area contributed by atoms with Gasteiger partial charge < -0.3 is 15.2 Å². The lowest BCUT2D eigenvalue weighted by molar-refractivity contribution is -0.0791. The minimum Gasteiger partial charge on any atom is -0.383 e. The average molecular weight is 244 g/mol. The monoisotopic (exact) mass is 244 g/mol. The summed E-state index contributed by atoms with van der Waals surface area (Å²) < 4.78 is 11.2. The maximum atomic E-state index is 6.10. The number of hydrogen-bond donors (Lipinski definition) is 1. The highest BCUT2D eigenvalue weighted by molar-refractivity contribution is 4.99. The Balaban J connectivity index is 2.60. The molecule has 0 radical (unpaired) electrons. The molecule has 4 heteroatoms. The standard InChI is InChI=1S/C13H28N2O2/c1-12(2)7-11(13(3,4)17-12)15(5)8-10(14)9-16-6/h10-11H,7-9,14H2,1-6H3. The molecule has 0 amide bonds. The summed E-state index contributed by atoms with van der Waals surface area (Å²) >= 11 is 0. The molecule has 1 fully saturated rings. The quantitative estimate of drug-likeness (QED) is 0.790. The van der Waals surface area contributed by atoms with Crippen molar-refractivity contribution in [1.82, 2.24) is 4.90 Å². The number of likely N-dealkylation sites (N-methyl/N-ethyl adjacent to an activating group) is 1. The minimum absolute atomic E-state index is 0.0478. The van der Waals surface area contributed by atoms with Crippen LogP contribution in [-0.4, -0.2) is 55.5 Å². The summed E-state index contributed by atoms with van der Waals surface area (Å²) in [5.74, 6) is 0. The van der Waals surface area contributed by atoms with E-state index in [0.29, 0.717) is 12.6 Å². The van der Waals surface area contributed by atoms with Gasteiger partial charge in [0.15, 0.2) is 0 Å². The van der Waals surface area contributed by atoms with Crippen molar-refractivity contribution in [2.75, 3.05) is 27.3 Å². The molecule has 0 bridgehead atoms. The van der Waals surface area contributed by atoms with Crippen molar-refractivity contribution in [3.63, 3.8) is 0 Å². The van der Waals surface area contributed by atoms with Crippen LogP contribution in [0, 0.1) is 0 Å². The van der Waals surface area contributed by atoms with Crippen molar-refractivity contribution in [2.45, 2.75) is 57.4 Å². The SMILES string of the molecule is COCC(N)CN(C)C1CC(C)(C)OC1(C)C. The molecule has 17 heavy (non-hydrogen) atoms. The Morgan fingerprint density at radius 3 is 2.41 bits per heavy atom. The predicted octanol–water partition coefficient (Wildman–Crippen LogP) is 1.24. The lowest BCUT2D eigenvalue weighted by Crippen LogP contribution is -2.49. The number of methoxy groups -OCH3 is 1. The van der Waals surface area contributed by atoms with Crippen molar-refractivity contribution >= 4 is 0 Å². The molecule has 0 aromatic heterocycles. The van der Waals surface area contributed by atoms with Crippen LogP contribution in [0.4, 0.5) is 0 Å². The lowest BCUT2D eigenvalue weighted by Gasteiger charge is -2.34. The molecule has 1 saturated heterocycles. The van der Waals surface area contributed by atoms with Crippen LogP contribution in [0.3, 0.4) is 0 Å². The van der Waals surface area contributed by atoms with Gasteiger partial charge in [-0.3, -0.25) is 4.90 Å². The van der Waals surface area contributed by atoms with Crippen LogP contribution in [0.25, 0.3) is 0 Å². The molecule has 1 rings (SSSR count). The highest BCUT2D eigenvalue weighted by Gasteiger charge is 2.47. The van der Waals surface area contributed by atoms with Crippen LogP contribution in [-0.2, 0) is 9.47 Å². The predicted molar refractivity (Wildman–Crippen MR) is 70.1 cm³/mol. The third-order valence-corrected chi connectivity index (χ3v) is 3.46. The van der Waals surface area contributed by atoms with Crippen LogP contribution in [0.1, 0.15) is 34.1 Å². The van der Waals surface area contributed by atoms with Gasteiger partial charge in [-0.15, -0.1) is 0 Å². The Hall–Kier alpha value is -0.160. The molecule has 0 saturated carbocycles. The molecule has 0 aromatic carbocycles. The summed E-state index contributed by atoms with van der Waals surface area (Å²) in [6, 6.07) is 0.463. The zero-order valence-corrected chi connectivity index (χ0v) is 12.1. The van der Waals surface area contributed by atoms with Crippen LogP contribution >= 0.6 is 0 Å². The zero-order valence-electron chi connectivity index (χ0n) is 12.1. The molecule has 102 valence electrons. The molecule has 2 atom stereocenters. The summed E-state index contributed by atoms with van der Waals surface area (Å²) in [5, 5.41) is 0.